The number of hydrogen-bond donors (Lipinski definition) is 3. The molecule has 0 aliphatic heterocycles. The molecule has 0 heterocycles. The number of carbonyl (C=O) groups excluding carboxylic acids is 1. The number of carbonyl (C=O) groups is 2. The van der Waals surface area contributed by atoms with Crippen LogP contribution in [0, 0.1) is 18.8 Å². The van der Waals surface area contributed by atoms with Crippen molar-refractivity contribution in [2.45, 2.75) is 26.2 Å². The van der Waals surface area contributed by atoms with Gasteiger partial charge in [0.15, 0.2) is 0 Å². The van der Waals surface area contributed by atoms with E-state index in [4.69, 9.17) is 10.8 Å². The van der Waals surface area contributed by atoms with Crippen LogP contribution in [0.15, 0.2) is 18.2 Å². The lowest BCUT2D eigenvalue weighted by atomic mass is 9.96. The molecule has 1 aromatic carbocycles. The van der Waals surface area contributed by atoms with Crippen molar-refractivity contribution >= 4 is 17.6 Å². The number of nitrogens with one attached hydrogen (secondary N) is 1. The maximum atomic E-state index is 11.2. The number of anilines is 1. The minimum absolute atomic E-state index is 0.170. The second kappa shape index (κ2) is 5.94. The third-order valence-electron chi connectivity index (χ3n) is 4.04. The quantitative estimate of drug-likeness (QED) is 0.767. The molecule has 20 heavy (non-hydrogen) atoms. The summed E-state index contributed by atoms with van der Waals surface area (Å²) >= 11 is 0. The van der Waals surface area contributed by atoms with Gasteiger partial charge in [0.1, 0.15) is 0 Å². The summed E-state index contributed by atoms with van der Waals surface area (Å²) < 4.78 is 0. The monoisotopic (exact) mass is 276 g/mol. The van der Waals surface area contributed by atoms with Crippen molar-refractivity contribution in [3.63, 3.8) is 0 Å². The lowest BCUT2D eigenvalue weighted by molar-refractivity contribution is -0.142. The smallest absolute Gasteiger partial charge is 0.306 e. The molecule has 0 spiro atoms. The van der Waals surface area contributed by atoms with Crippen LogP contribution in [0.5, 0.6) is 0 Å². The standard InChI is InChI=1S/C15H20N2O3/c1-9-7-11(5-6-12(9)14(16)18)17-8-10-3-2-4-13(10)15(19)20/h5-7,10,13,17H,2-4,8H2,1H3,(H2,16,18)(H,19,20). The minimum Gasteiger partial charge on any atom is -0.481 e. The van der Waals surface area contributed by atoms with Gasteiger partial charge in [-0.2, -0.15) is 0 Å². The van der Waals surface area contributed by atoms with Crippen LogP contribution in [0.1, 0.15) is 35.2 Å². The van der Waals surface area contributed by atoms with Gasteiger partial charge in [-0.25, -0.2) is 0 Å². The van der Waals surface area contributed by atoms with E-state index in [0.717, 1.165) is 30.5 Å². The van der Waals surface area contributed by atoms with E-state index >= 15 is 0 Å². The number of aliphatic carboxylic acids is 1. The molecular formula is C15H20N2O3. The van der Waals surface area contributed by atoms with Gasteiger partial charge in [-0.1, -0.05) is 6.42 Å². The van der Waals surface area contributed by atoms with Gasteiger partial charge < -0.3 is 16.2 Å². The fraction of sp³-hybridized carbons (Fsp3) is 0.467. The summed E-state index contributed by atoms with van der Waals surface area (Å²) in [7, 11) is 0. The van der Waals surface area contributed by atoms with Crippen LogP contribution in [0.3, 0.4) is 0 Å². The van der Waals surface area contributed by atoms with Crippen LogP contribution < -0.4 is 11.1 Å². The summed E-state index contributed by atoms with van der Waals surface area (Å²) in [6.07, 6.45) is 2.69. The molecule has 1 saturated carbocycles. The first-order valence-corrected chi connectivity index (χ1v) is 6.86. The highest BCUT2D eigenvalue weighted by Gasteiger charge is 2.32. The SMILES string of the molecule is Cc1cc(NCC2CCCC2C(=O)O)ccc1C(N)=O. The Morgan fingerprint density at radius 2 is 2.15 bits per heavy atom. The van der Waals surface area contributed by atoms with Gasteiger partial charge in [-0.15, -0.1) is 0 Å². The third kappa shape index (κ3) is 3.10. The number of carboxylic acids is 1. The molecule has 1 aromatic rings. The van der Waals surface area contributed by atoms with Gasteiger partial charge in [0.25, 0.3) is 0 Å². The van der Waals surface area contributed by atoms with Crippen LogP contribution in [0.4, 0.5) is 5.69 Å². The average molecular weight is 276 g/mol. The Bertz CT molecular complexity index is 528. The van der Waals surface area contributed by atoms with E-state index in [0.29, 0.717) is 12.1 Å². The summed E-state index contributed by atoms with van der Waals surface area (Å²) in [4.78, 5) is 22.3. The Balaban J connectivity index is 1.99. The summed E-state index contributed by atoms with van der Waals surface area (Å²) in [6, 6.07) is 5.37. The zero-order valence-electron chi connectivity index (χ0n) is 11.6. The number of nitrogens with two attached hydrogens (primary N) is 1. The average Bonchev–Trinajstić information content (AvgIpc) is 2.84. The Morgan fingerprint density at radius 1 is 1.40 bits per heavy atom. The van der Waals surface area contributed by atoms with Crippen molar-refractivity contribution in [2.75, 3.05) is 11.9 Å². The van der Waals surface area contributed by atoms with E-state index in [9.17, 15) is 9.59 Å². The van der Waals surface area contributed by atoms with Gasteiger partial charge in [-0.3, -0.25) is 9.59 Å². The van der Waals surface area contributed by atoms with Crippen LogP contribution in [0.2, 0.25) is 0 Å². The second-order valence-electron chi connectivity index (χ2n) is 5.41. The summed E-state index contributed by atoms with van der Waals surface area (Å²) in [6.45, 7) is 2.48. The molecule has 1 aliphatic carbocycles. The summed E-state index contributed by atoms with van der Waals surface area (Å²) in [5.74, 6) is -1.21. The van der Waals surface area contributed by atoms with E-state index < -0.39 is 11.9 Å². The van der Waals surface area contributed by atoms with Crippen molar-refractivity contribution in [3.8, 4) is 0 Å². The molecule has 1 aliphatic rings. The van der Waals surface area contributed by atoms with Crippen LogP contribution in [0.25, 0.3) is 0 Å². The summed E-state index contributed by atoms with van der Waals surface area (Å²) in [5.41, 5.74) is 7.49. The van der Waals surface area contributed by atoms with Crippen molar-refractivity contribution < 1.29 is 14.7 Å². The van der Waals surface area contributed by atoms with Crippen molar-refractivity contribution in [1.82, 2.24) is 0 Å². The zero-order chi connectivity index (χ0) is 14.7. The van der Waals surface area contributed by atoms with Crippen molar-refractivity contribution in [3.05, 3.63) is 29.3 Å². The molecule has 0 saturated heterocycles. The van der Waals surface area contributed by atoms with Crippen LogP contribution in [-0.2, 0) is 4.79 Å². The number of aryl methyl sites for hydroxylation is 1. The number of amides is 1. The molecule has 2 unspecified atom stereocenters. The molecule has 0 bridgehead atoms. The molecule has 0 aromatic heterocycles. The molecule has 1 amide bonds. The highest BCUT2D eigenvalue weighted by atomic mass is 16.4. The maximum Gasteiger partial charge on any atom is 0.306 e. The minimum atomic E-state index is -0.699. The highest BCUT2D eigenvalue weighted by Crippen LogP contribution is 2.32. The predicted octanol–water partition coefficient (Wildman–Crippen LogP) is 2.01. The topological polar surface area (TPSA) is 92.4 Å². The van der Waals surface area contributed by atoms with Crippen LogP contribution >= 0.6 is 0 Å². The largest absolute Gasteiger partial charge is 0.481 e. The molecule has 4 N–H and O–H groups in total. The third-order valence-corrected chi connectivity index (χ3v) is 4.04. The number of hydrogen-bond acceptors (Lipinski definition) is 3. The van der Waals surface area contributed by atoms with Gasteiger partial charge >= 0.3 is 5.97 Å². The number of primary amides is 1. The fourth-order valence-corrected chi connectivity index (χ4v) is 2.91. The van der Waals surface area contributed by atoms with Crippen LogP contribution in [-0.4, -0.2) is 23.5 Å². The first kappa shape index (κ1) is 14.4. The lowest BCUT2D eigenvalue weighted by Gasteiger charge is -2.17. The molecule has 108 valence electrons. The van der Waals surface area contributed by atoms with E-state index in [1.54, 1.807) is 12.1 Å². The van der Waals surface area contributed by atoms with Gasteiger partial charge in [0.05, 0.1) is 5.92 Å². The molecule has 5 nitrogen and oxygen atoms in total. The summed E-state index contributed by atoms with van der Waals surface area (Å²) in [5, 5.41) is 12.4. The van der Waals surface area contributed by atoms with Gasteiger partial charge in [-0.05, 0) is 49.4 Å². The van der Waals surface area contributed by atoms with Crippen molar-refractivity contribution in [2.24, 2.45) is 17.6 Å². The van der Waals surface area contributed by atoms with E-state index in [-0.39, 0.29) is 11.8 Å². The molecule has 2 rings (SSSR count). The van der Waals surface area contributed by atoms with Crippen molar-refractivity contribution in [1.29, 1.82) is 0 Å². The van der Waals surface area contributed by atoms with E-state index in [1.807, 2.05) is 13.0 Å². The molecule has 1 fully saturated rings. The Labute approximate surface area is 118 Å². The molecule has 2 atom stereocenters. The first-order chi connectivity index (χ1) is 9.49. The fourth-order valence-electron chi connectivity index (χ4n) is 2.91. The Kier molecular flexibility index (Phi) is 4.27. The van der Waals surface area contributed by atoms with E-state index in [1.165, 1.54) is 0 Å². The van der Waals surface area contributed by atoms with Gasteiger partial charge in [0.2, 0.25) is 5.91 Å². The first-order valence-electron chi connectivity index (χ1n) is 6.86. The molecule has 0 radical (unpaired) electrons. The predicted molar refractivity (Wildman–Crippen MR) is 76.7 cm³/mol. The zero-order valence-corrected chi connectivity index (χ0v) is 11.6. The van der Waals surface area contributed by atoms with E-state index in [2.05, 4.69) is 5.32 Å². The normalized spacial score (nSPS) is 21.6. The molecular weight excluding hydrogens is 256 g/mol. The van der Waals surface area contributed by atoms with Gasteiger partial charge in [0, 0.05) is 17.8 Å². The number of benzene rings is 1. The lowest BCUT2D eigenvalue weighted by Crippen LogP contribution is -2.24. The number of carboxylic acid groups (broad SMARTS) is 1. The highest BCUT2D eigenvalue weighted by molar-refractivity contribution is 5.94. The Morgan fingerprint density at radius 3 is 2.75 bits per heavy atom. The molecule has 5 heteroatoms. The second-order valence-corrected chi connectivity index (χ2v) is 5.41. The number of rotatable bonds is 5. The Hall–Kier alpha value is -2.04. The maximum absolute atomic E-state index is 11.2.